The Balaban J connectivity index is 2.33. The van der Waals surface area contributed by atoms with Gasteiger partial charge in [0.1, 0.15) is 18.2 Å². The molecule has 0 bridgehead atoms. The van der Waals surface area contributed by atoms with Crippen LogP contribution in [0.25, 0.3) is 0 Å². The zero-order valence-corrected chi connectivity index (χ0v) is 15.1. The summed E-state index contributed by atoms with van der Waals surface area (Å²) in [6.07, 6.45) is 5.00. The van der Waals surface area contributed by atoms with Crippen LogP contribution in [0.4, 0.5) is 0 Å². The first-order chi connectivity index (χ1) is 12.0. The van der Waals surface area contributed by atoms with Crippen molar-refractivity contribution in [3.05, 3.63) is 32.1 Å². The average Bonchev–Trinajstić information content (AvgIpc) is 3.08. The molecule has 1 amide bonds. The highest BCUT2D eigenvalue weighted by Gasteiger charge is 2.24. The first-order valence-corrected chi connectivity index (χ1v) is 9.09. The number of amides is 1. The van der Waals surface area contributed by atoms with Gasteiger partial charge in [-0.1, -0.05) is 26.7 Å². The highest BCUT2D eigenvalue weighted by molar-refractivity contribution is 5.76. The number of fused-ring (bicyclic) bond motifs is 1. The molecule has 0 atom stereocenters. The maximum absolute atomic E-state index is 12.7. The topological polar surface area (TPSA) is 88.1 Å². The summed E-state index contributed by atoms with van der Waals surface area (Å²) in [6.45, 7) is 5.56. The smallest absolute Gasteiger partial charge is 0.331 e. The minimum Gasteiger partial charge on any atom is -0.341 e. The number of rotatable bonds is 8. The van der Waals surface area contributed by atoms with Crippen molar-refractivity contribution in [3.8, 4) is 6.07 Å². The van der Waals surface area contributed by atoms with Crippen molar-refractivity contribution in [3.63, 3.8) is 0 Å². The number of carbonyl (C=O) groups is 1. The Morgan fingerprint density at radius 1 is 1.20 bits per heavy atom. The Bertz CT molecular complexity index is 777. The van der Waals surface area contributed by atoms with Gasteiger partial charge in [0.2, 0.25) is 5.91 Å². The molecule has 1 aliphatic rings. The molecule has 0 saturated heterocycles. The highest BCUT2D eigenvalue weighted by atomic mass is 16.2. The molecule has 7 nitrogen and oxygen atoms in total. The third kappa shape index (κ3) is 4.01. The van der Waals surface area contributed by atoms with E-state index < -0.39 is 11.2 Å². The maximum atomic E-state index is 12.7. The Labute approximate surface area is 147 Å². The summed E-state index contributed by atoms with van der Waals surface area (Å²) >= 11 is 0. The molecule has 2 rings (SSSR count). The van der Waals surface area contributed by atoms with E-state index in [0.717, 1.165) is 36.7 Å². The van der Waals surface area contributed by atoms with Gasteiger partial charge in [-0.2, -0.15) is 5.26 Å². The van der Waals surface area contributed by atoms with Gasteiger partial charge in [0.15, 0.2) is 0 Å². The maximum Gasteiger partial charge on any atom is 0.331 e. The fourth-order valence-electron chi connectivity index (χ4n) is 3.18. The second-order valence-electron chi connectivity index (χ2n) is 6.45. The predicted octanol–water partition coefficient (Wildman–Crippen LogP) is 1.26. The van der Waals surface area contributed by atoms with E-state index in [4.69, 9.17) is 0 Å². The molecule has 0 spiro atoms. The molecular formula is C18H26N4O3. The zero-order valence-electron chi connectivity index (χ0n) is 15.1. The van der Waals surface area contributed by atoms with Gasteiger partial charge in [-0.25, -0.2) is 9.36 Å². The monoisotopic (exact) mass is 346 g/mol. The number of carbonyl (C=O) groups excluding carboxylic acids is 1. The van der Waals surface area contributed by atoms with Gasteiger partial charge in [-0.05, 0) is 25.7 Å². The van der Waals surface area contributed by atoms with Crippen molar-refractivity contribution in [1.29, 1.82) is 5.26 Å². The van der Waals surface area contributed by atoms with Crippen molar-refractivity contribution in [1.82, 2.24) is 14.0 Å². The summed E-state index contributed by atoms with van der Waals surface area (Å²) in [5, 5.41) is 9.30. The van der Waals surface area contributed by atoms with Crippen LogP contribution in [0.15, 0.2) is 9.59 Å². The first kappa shape index (κ1) is 19.0. The molecule has 25 heavy (non-hydrogen) atoms. The van der Waals surface area contributed by atoms with E-state index in [2.05, 4.69) is 13.8 Å². The van der Waals surface area contributed by atoms with Crippen molar-refractivity contribution >= 4 is 5.91 Å². The zero-order chi connectivity index (χ0) is 18.4. The molecule has 1 aliphatic heterocycles. The van der Waals surface area contributed by atoms with E-state index in [0.29, 0.717) is 31.7 Å². The number of hydrogen-bond acceptors (Lipinski definition) is 4. The van der Waals surface area contributed by atoms with Crippen LogP contribution in [0.1, 0.15) is 57.2 Å². The number of unbranched alkanes of at least 4 members (excludes halogenated alkanes) is 2. The van der Waals surface area contributed by atoms with Gasteiger partial charge < -0.3 is 4.90 Å². The fraction of sp³-hybridized carbons (Fsp3) is 0.667. The number of aromatic nitrogens is 2. The summed E-state index contributed by atoms with van der Waals surface area (Å²) in [6, 6.07) is 1.92. The van der Waals surface area contributed by atoms with Crippen LogP contribution in [-0.2, 0) is 24.3 Å². The SMILES string of the molecule is CCCCN(CCCC)C(=O)Cn1c(=O)c(C#N)c2n(c1=O)CCC2. The van der Waals surface area contributed by atoms with E-state index in [1.54, 1.807) is 4.90 Å². The highest BCUT2D eigenvalue weighted by Crippen LogP contribution is 2.13. The standard InChI is InChI=1S/C18H26N4O3/c1-3-5-9-20(10-6-4-2)16(23)13-22-17(24)14(12-19)15-8-7-11-21(15)18(22)25/h3-11,13H2,1-2H3. The number of hydrogen-bond donors (Lipinski definition) is 0. The molecule has 1 aromatic heterocycles. The van der Waals surface area contributed by atoms with Crippen LogP contribution in [0.5, 0.6) is 0 Å². The van der Waals surface area contributed by atoms with Gasteiger partial charge in [0.05, 0.1) is 0 Å². The second-order valence-corrected chi connectivity index (χ2v) is 6.45. The van der Waals surface area contributed by atoms with Gasteiger partial charge in [-0.15, -0.1) is 0 Å². The molecule has 7 heteroatoms. The van der Waals surface area contributed by atoms with E-state index in [9.17, 15) is 19.6 Å². The summed E-state index contributed by atoms with van der Waals surface area (Å²) in [5.41, 5.74) is -0.607. The van der Waals surface area contributed by atoms with Gasteiger partial charge in [0.25, 0.3) is 5.56 Å². The molecule has 0 aliphatic carbocycles. The van der Waals surface area contributed by atoms with Crippen molar-refractivity contribution in [2.45, 2.75) is 65.5 Å². The van der Waals surface area contributed by atoms with Crippen LogP contribution in [0.2, 0.25) is 0 Å². The number of nitrogens with zero attached hydrogens (tertiary/aromatic N) is 4. The van der Waals surface area contributed by atoms with E-state index in [-0.39, 0.29) is 18.0 Å². The predicted molar refractivity (Wildman–Crippen MR) is 94.4 cm³/mol. The minimum atomic E-state index is -0.639. The van der Waals surface area contributed by atoms with Gasteiger partial charge in [0, 0.05) is 25.3 Å². The second kappa shape index (κ2) is 8.65. The molecule has 0 fully saturated rings. The fourth-order valence-corrected chi connectivity index (χ4v) is 3.18. The molecule has 1 aromatic rings. The Morgan fingerprint density at radius 2 is 1.84 bits per heavy atom. The van der Waals surface area contributed by atoms with Crippen LogP contribution in [0, 0.1) is 11.3 Å². The normalized spacial score (nSPS) is 12.7. The molecule has 136 valence electrons. The molecule has 0 N–H and O–H groups in total. The summed E-state index contributed by atoms with van der Waals surface area (Å²) in [7, 11) is 0. The number of nitriles is 1. The Kier molecular flexibility index (Phi) is 6.57. The van der Waals surface area contributed by atoms with Crippen molar-refractivity contribution in [2.24, 2.45) is 0 Å². The van der Waals surface area contributed by atoms with E-state index >= 15 is 0 Å². The molecular weight excluding hydrogens is 320 g/mol. The van der Waals surface area contributed by atoms with E-state index in [1.807, 2.05) is 6.07 Å². The molecule has 0 aromatic carbocycles. The largest absolute Gasteiger partial charge is 0.341 e. The van der Waals surface area contributed by atoms with Gasteiger partial charge in [-0.3, -0.25) is 14.2 Å². The average molecular weight is 346 g/mol. The molecule has 0 unspecified atom stereocenters. The van der Waals surface area contributed by atoms with Crippen molar-refractivity contribution < 1.29 is 4.79 Å². The summed E-state index contributed by atoms with van der Waals surface area (Å²) in [4.78, 5) is 39.5. The first-order valence-electron chi connectivity index (χ1n) is 9.09. The van der Waals surface area contributed by atoms with Crippen LogP contribution < -0.4 is 11.2 Å². The minimum absolute atomic E-state index is 0.00133. The quantitative estimate of drug-likeness (QED) is 0.709. The van der Waals surface area contributed by atoms with E-state index in [1.165, 1.54) is 4.57 Å². The third-order valence-electron chi connectivity index (χ3n) is 4.65. The lowest BCUT2D eigenvalue weighted by Crippen LogP contribution is -2.46. The Morgan fingerprint density at radius 3 is 2.40 bits per heavy atom. The van der Waals surface area contributed by atoms with Gasteiger partial charge >= 0.3 is 5.69 Å². The van der Waals surface area contributed by atoms with Crippen molar-refractivity contribution in [2.75, 3.05) is 13.1 Å². The lowest BCUT2D eigenvalue weighted by Gasteiger charge is -2.23. The van der Waals surface area contributed by atoms with Crippen LogP contribution in [0.3, 0.4) is 0 Å². The molecule has 0 saturated carbocycles. The molecule has 0 radical (unpaired) electrons. The summed E-state index contributed by atoms with van der Waals surface area (Å²) < 4.78 is 2.40. The summed E-state index contributed by atoms with van der Waals surface area (Å²) in [5.74, 6) is -0.233. The molecule has 2 heterocycles. The Hall–Kier alpha value is -2.36. The van der Waals surface area contributed by atoms with Crippen LogP contribution >= 0.6 is 0 Å². The van der Waals surface area contributed by atoms with Crippen LogP contribution in [-0.4, -0.2) is 33.0 Å². The lowest BCUT2D eigenvalue weighted by molar-refractivity contribution is -0.132. The lowest BCUT2D eigenvalue weighted by atomic mass is 10.2. The third-order valence-corrected chi connectivity index (χ3v) is 4.65.